The molecule has 2 aromatic carbocycles. The minimum Gasteiger partial charge on any atom is -0.493 e. The van der Waals surface area contributed by atoms with Gasteiger partial charge in [-0.05, 0) is 31.2 Å². The van der Waals surface area contributed by atoms with Crippen LogP contribution in [0.5, 0.6) is 11.5 Å². The van der Waals surface area contributed by atoms with Crippen LogP contribution in [0.4, 0.5) is 5.69 Å². The van der Waals surface area contributed by atoms with Crippen molar-refractivity contribution in [3.63, 3.8) is 0 Å². The second kappa shape index (κ2) is 7.74. The van der Waals surface area contributed by atoms with Gasteiger partial charge in [-0.2, -0.15) is 0 Å². The smallest absolute Gasteiger partial charge is 0.337 e. The molecule has 0 saturated heterocycles. The van der Waals surface area contributed by atoms with Crippen LogP contribution < -0.4 is 14.8 Å². The second-order valence-electron chi connectivity index (χ2n) is 4.73. The van der Waals surface area contributed by atoms with E-state index in [4.69, 9.17) is 26.2 Å². The van der Waals surface area contributed by atoms with E-state index < -0.39 is 5.97 Å². The summed E-state index contributed by atoms with van der Waals surface area (Å²) >= 11 is 5.97. The van der Waals surface area contributed by atoms with E-state index in [1.165, 1.54) is 6.07 Å². The first-order valence-corrected chi connectivity index (χ1v) is 7.50. The van der Waals surface area contributed by atoms with E-state index in [0.29, 0.717) is 24.7 Å². The Morgan fingerprint density at radius 1 is 1.30 bits per heavy atom. The molecule has 0 heterocycles. The maximum atomic E-state index is 11.0. The van der Waals surface area contributed by atoms with E-state index in [-0.39, 0.29) is 10.6 Å². The van der Waals surface area contributed by atoms with Gasteiger partial charge in [-0.3, -0.25) is 0 Å². The molecule has 2 aromatic rings. The van der Waals surface area contributed by atoms with Gasteiger partial charge in [0.1, 0.15) is 0 Å². The van der Waals surface area contributed by atoms with Crippen molar-refractivity contribution in [1.29, 1.82) is 0 Å². The van der Waals surface area contributed by atoms with Crippen molar-refractivity contribution in [1.82, 2.24) is 0 Å². The molecule has 0 amide bonds. The fraction of sp³-hybridized carbons (Fsp3) is 0.235. The third-order valence-electron chi connectivity index (χ3n) is 3.25. The van der Waals surface area contributed by atoms with Crippen molar-refractivity contribution in [2.24, 2.45) is 0 Å². The molecule has 0 aliphatic carbocycles. The fourth-order valence-corrected chi connectivity index (χ4v) is 2.43. The quantitative estimate of drug-likeness (QED) is 0.798. The summed E-state index contributed by atoms with van der Waals surface area (Å²) < 4.78 is 11.0. The highest BCUT2D eigenvalue weighted by Crippen LogP contribution is 2.32. The zero-order valence-electron chi connectivity index (χ0n) is 12.9. The highest BCUT2D eigenvalue weighted by Gasteiger charge is 2.11. The summed E-state index contributed by atoms with van der Waals surface area (Å²) in [4.78, 5) is 11.0. The number of ether oxygens (including phenoxy) is 2. The second-order valence-corrected chi connectivity index (χ2v) is 5.14. The van der Waals surface area contributed by atoms with Crippen molar-refractivity contribution in [3.05, 3.63) is 52.5 Å². The minimum absolute atomic E-state index is 0.0774. The van der Waals surface area contributed by atoms with Gasteiger partial charge < -0.3 is 19.9 Å². The topological polar surface area (TPSA) is 67.8 Å². The van der Waals surface area contributed by atoms with E-state index in [1.54, 1.807) is 19.2 Å². The van der Waals surface area contributed by atoms with E-state index >= 15 is 0 Å². The number of hydrogen-bond donors (Lipinski definition) is 2. The molecule has 0 spiro atoms. The lowest BCUT2D eigenvalue weighted by Crippen LogP contribution is -2.05. The monoisotopic (exact) mass is 335 g/mol. The maximum absolute atomic E-state index is 11.0. The number of nitrogens with one attached hydrogen (secondary N) is 1. The van der Waals surface area contributed by atoms with Gasteiger partial charge in [-0.25, -0.2) is 4.79 Å². The summed E-state index contributed by atoms with van der Waals surface area (Å²) in [7, 11) is 1.60. The van der Waals surface area contributed by atoms with Crippen LogP contribution in [0.3, 0.4) is 0 Å². The molecule has 2 rings (SSSR count). The number of methoxy groups -OCH3 is 1. The molecular weight excluding hydrogens is 318 g/mol. The van der Waals surface area contributed by atoms with Crippen molar-refractivity contribution < 1.29 is 19.4 Å². The van der Waals surface area contributed by atoms with Crippen molar-refractivity contribution >= 4 is 23.3 Å². The number of rotatable bonds is 7. The Bertz CT molecular complexity index is 703. The van der Waals surface area contributed by atoms with E-state index in [0.717, 1.165) is 11.3 Å². The number of carboxylic acid groups (broad SMARTS) is 1. The molecule has 2 N–H and O–H groups in total. The average Bonchev–Trinajstić information content (AvgIpc) is 2.53. The predicted molar refractivity (Wildman–Crippen MR) is 89.9 cm³/mol. The zero-order valence-corrected chi connectivity index (χ0v) is 13.7. The Balaban J connectivity index is 2.18. The predicted octanol–water partition coefficient (Wildman–Crippen LogP) is 4.06. The van der Waals surface area contributed by atoms with Gasteiger partial charge in [-0.15, -0.1) is 0 Å². The number of carbonyl (C=O) groups is 1. The average molecular weight is 336 g/mol. The lowest BCUT2D eigenvalue weighted by molar-refractivity contribution is 0.0697. The zero-order chi connectivity index (χ0) is 16.8. The van der Waals surface area contributed by atoms with Crippen molar-refractivity contribution in [2.45, 2.75) is 13.5 Å². The highest BCUT2D eigenvalue weighted by molar-refractivity contribution is 6.33. The molecule has 23 heavy (non-hydrogen) atoms. The maximum Gasteiger partial charge on any atom is 0.337 e. The Labute approximate surface area is 139 Å². The first kappa shape index (κ1) is 17.0. The molecule has 122 valence electrons. The number of carboxylic acids is 1. The lowest BCUT2D eigenvalue weighted by atomic mass is 10.1. The lowest BCUT2D eigenvalue weighted by Gasteiger charge is -2.15. The number of anilines is 1. The molecule has 0 bridgehead atoms. The molecule has 0 radical (unpaired) electrons. The van der Waals surface area contributed by atoms with Crippen molar-refractivity contribution in [3.8, 4) is 11.5 Å². The molecule has 5 nitrogen and oxygen atoms in total. The van der Waals surface area contributed by atoms with Gasteiger partial charge >= 0.3 is 5.97 Å². The van der Waals surface area contributed by atoms with Crippen LogP contribution in [0.25, 0.3) is 0 Å². The third kappa shape index (κ3) is 4.07. The SMILES string of the molecule is CCOc1c(CNc2ccc(C(=O)O)c(Cl)c2)cccc1OC. The first-order valence-electron chi connectivity index (χ1n) is 7.12. The Hall–Kier alpha value is -2.40. The molecule has 0 atom stereocenters. The van der Waals surface area contributed by atoms with Crippen LogP contribution in [0.15, 0.2) is 36.4 Å². The normalized spacial score (nSPS) is 10.2. The molecule has 0 unspecified atom stereocenters. The van der Waals surface area contributed by atoms with Gasteiger partial charge in [0.25, 0.3) is 0 Å². The Morgan fingerprint density at radius 2 is 2.09 bits per heavy atom. The Morgan fingerprint density at radius 3 is 2.70 bits per heavy atom. The number of benzene rings is 2. The molecule has 0 aliphatic rings. The number of aromatic carboxylic acids is 1. The standard InChI is InChI=1S/C17H18ClNO4/c1-3-23-16-11(5-4-6-15(16)22-2)10-19-12-7-8-13(17(20)21)14(18)9-12/h4-9,19H,3,10H2,1-2H3,(H,20,21). The Kier molecular flexibility index (Phi) is 5.71. The molecule has 0 saturated carbocycles. The molecular formula is C17H18ClNO4. The van der Waals surface area contributed by atoms with Gasteiger partial charge in [0.05, 0.1) is 24.3 Å². The third-order valence-corrected chi connectivity index (χ3v) is 3.56. The van der Waals surface area contributed by atoms with Crippen LogP contribution in [0, 0.1) is 0 Å². The van der Waals surface area contributed by atoms with E-state index in [1.807, 2.05) is 25.1 Å². The van der Waals surface area contributed by atoms with Crippen LogP contribution in [-0.4, -0.2) is 24.8 Å². The van der Waals surface area contributed by atoms with Gasteiger partial charge in [0, 0.05) is 17.8 Å². The number of halogens is 1. The van der Waals surface area contributed by atoms with Crippen molar-refractivity contribution in [2.75, 3.05) is 19.0 Å². The summed E-state index contributed by atoms with van der Waals surface area (Å²) in [5.74, 6) is 0.316. The molecule has 0 fully saturated rings. The highest BCUT2D eigenvalue weighted by atomic mass is 35.5. The first-order chi connectivity index (χ1) is 11.1. The molecule has 0 aliphatic heterocycles. The minimum atomic E-state index is -1.05. The molecule has 0 aromatic heterocycles. The summed E-state index contributed by atoms with van der Waals surface area (Å²) in [5, 5.41) is 12.4. The van der Waals surface area contributed by atoms with Crippen LogP contribution >= 0.6 is 11.6 Å². The molecule has 6 heteroatoms. The van der Waals surface area contributed by atoms with Gasteiger partial charge in [0.2, 0.25) is 0 Å². The number of para-hydroxylation sites is 1. The van der Waals surface area contributed by atoms with Crippen LogP contribution in [0.1, 0.15) is 22.8 Å². The summed E-state index contributed by atoms with van der Waals surface area (Å²) in [6.07, 6.45) is 0. The number of hydrogen-bond acceptors (Lipinski definition) is 4. The fourth-order valence-electron chi connectivity index (χ4n) is 2.17. The largest absolute Gasteiger partial charge is 0.493 e. The van der Waals surface area contributed by atoms with Gasteiger partial charge in [-0.1, -0.05) is 23.7 Å². The van der Waals surface area contributed by atoms with E-state index in [2.05, 4.69) is 5.32 Å². The summed E-state index contributed by atoms with van der Waals surface area (Å²) in [6.45, 7) is 2.94. The van der Waals surface area contributed by atoms with Crippen LogP contribution in [0.2, 0.25) is 5.02 Å². The summed E-state index contributed by atoms with van der Waals surface area (Å²) in [5.41, 5.74) is 1.74. The van der Waals surface area contributed by atoms with Crippen LogP contribution in [-0.2, 0) is 6.54 Å². The van der Waals surface area contributed by atoms with Gasteiger partial charge in [0.15, 0.2) is 11.5 Å². The van der Waals surface area contributed by atoms with E-state index in [9.17, 15) is 4.79 Å². The summed E-state index contributed by atoms with van der Waals surface area (Å²) in [6, 6.07) is 10.4.